The Morgan fingerprint density at radius 2 is 2.06 bits per heavy atom. The maximum absolute atomic E-state index is 5.34. The van der Waals surface area contributed by atoms with Gasteiger partial charge in [0.25, 0.3) is 0 Å². The second kappa shape index (κ2) is 5.73. The molecule has 0 atom stereocenters. The molecule has 0 spiro atoms. The third kappa shape index (κ3) is 5.01. The molecule has 0 aromatic carbocycles. The van der Waals surface area contributed by atoms with Crippen molar-refractivity contribution in [2.75, 3.05) is 18.5 Å². The van der Waals surface area contributed by atoms with Crippen LogP contribution in [-0.4, -0.2) is 18.1 Å². The summed E-state index contributed by atoms with van der Waals surface area (Å²) in [7, 11) is 0. The van der Waals surface area contributed by atoms with E-state index in [1.54, 1.807) is 0 Å². The van der Waals surface area contributed by atoms with E-state index in [1.807, 2.05) is 25.1 Å². The van der Waals surface area contributed by atoms with Crippen molar-refractivity contribution < 1.29 is 4.74 Å². The van der Waals surface area contributed by atoms with Crippen molar-refractivity contribution in [3.05, 3.63) is 18.2 Å². The zero-order chi connectivity index (χ0) is 12.0. The van der Waals surface area contributed by atoms with Gasteiger partial charge in [-0.05, 0) is 24.8 Å². The van der Waals surface area contributed by atoms with Gasteiger partial charge in [-0.15, -0.1) is 0 Å². The number of anilines is 1. The largest absolute Gasteiger partial charge is 0.478 e. The second-order valence-electron chi connectivity index (χ2n) is 5.03. The average Bonchev–Trinajstić information content (AvgIpc) is 2.17. The summed E-state index contributed by atoms with van der Waals surface area (Å²) in [4.78, 5) is 4.35. The molecule has 0 fully saturated rings. The lowest BCUT2D eigenvalue weighted by Gasteiger charge is -2.18. The zero-order valence-corrected chi connectivity index (χ0v) is 10.7. The van der Waals surface area contributed by atoms with Crippen molar-refractivity contribution in [2.45, 2.75) is 34.1 Å². The van der Waals surface area contributed by atoms with E-state index in [0.29, 0.717) is 17.9 Å². The fourth-order valence-corrected chi connectivity index (χ4v) is 1.31. The van der Waals surface area contributed by atoms with Crippen molar-refractivity contribution in [3.63, 3.8) is 0 Å². The van der Waals surface area contributed by atoms with Gasteiger partial charge < -0.3 is 10.1 Å². The van der Waals surface area contributed by atoms with Gasteiger partial charge >= 0.3 is 0 Å². The highest BCUT2D eigenvalue weighted by Gasteiger charge is 2.09. The lowest BCUT2D eigenvalue weighted by atomic mass is 9.92. The number of ether oxygens (including phenoxy) is 1. The van der Waals surface area contributed by atoms with E-state index in [4.69, 9.17) is 4.74 Å². The maximum Gasteiger partial charge on any atom is 0.215 e. The Bertz CT molecular complexity index is 318. The van der Waals surface area contributed by atoms with E-state index in [2.05, 4.69) is 31.1 Å². The summed E-state index contributed by atoms with van der Waals surface area (Å²) in [5.41, 5.74) is 0.352. The highest BCUT2D eigenvalue weighted by Crippen LogP contribution is 2.18. The van der Waals surface area contributed by atoms with Gasteiger partial charge in [0.1, 0.15) is 5.82 Å². The molecular weight excluding hydrogens is 200 g/mol. The topological polar surface area (TPSA) is 34.1 Å². The molecule has 0 aliphatic carbocycles. The third-order valence-corrected chi connectivity index (χ3v) is 2.20. The monoisotopic (exact) mass is 222 g/mol. The quantitative estimate of drug-likeness (QED) is 0.829. The molecule has 1 rings (SSSR count). The van der Waals surface area contributed by atoms with E-state index >= 15 is 0 Å². The summed E-state index contributed by atoms with van der Waals surface area (Å²) in [6.07, 6.45) is 1.12. The number of nitrogens with zero attached hydrogens (tertiary/aromatic N) is 1. The lowest BCUT2D eigenvalue weighted by Crippen LogP contribution is -2.13. The molecule has 3 heteroatoms. The molecule has 0 radical (unpaired) electrons. The van der Waals surface area contributed by atoms with E-state index in [1.165, 1.54) is 0 Å². The van der Waals surface area contributed by atoms with Crippen LogP contribution < -0.4 is 10.1 Å². The standard InChI is InChI=1S/C13H22N2O/c1-5-16-12-8-6-7-11(15-12)14-10-9-13(2,3)4/h6-8H,5,9-10H2,1-4H3,(H,14,15). The molecule has 0 saturated carbocycles. The number of hydrogen-bond donors (Lipinski definition) is 1. The van der Waals surface area contributed by atoms with Gasteiger partial charge in [0.2, 0.25) is 5.88 Å². The Hall–Kier alpha value is -1.25. The van der Waals surface area contributed by atoms with Gasteiger partial charge in [0.05, 0.1) is 6.61 Å². The molecule has 0 bridgehead atoms. The Morgan fingerprint density at radius 1 is 1.31 bits per heavy atom. The summed E-state index contributed by atoms with van der Waals surface area (Å²) >= 11 is 0. The molecule has 1 aromatic heterocycles. The van der Waals surface area contributed by atoms with Crippen LogP contribution in [0.25, 0.3) is 0 Å². The number of aromatic nitrogens is 1. The Kier molecular flexibility index (Phi) is 4.59. The molecular formula is C13H22N2O. The number of rotatable bonds is 5. The van der Waals surface area contributed by atoms with Crippen LogP contribution in [0.1, 0.15) is 34.1 Å². The minimum absolute atomic E-state index is 0.352. The van der Waals surface area contributed by atoms with Crippen molar-refractivity contribution >= 4 is 5.82 Å². The van der Waals surface area contributed by atoms with Crippen LogP contribution in [0.2, 0.25) is 0 Å². The molecule has 1 aromatic rings. The third-order valence-electron chi connectivity index (χ3n) is 2.20. The van der Waals surface area contributed by atoms with Crippen LogP contribution >= 0.6 is 0 Å². The Balaban J connectivity index is 2.44. The normalized spacial score (nSPS) is 11.2. The highest BCUT2D eigenvalue weighted by molar-refractivity contribution is 5.36. The number of nitrogens with one attached hydrogen (secondary N) is 1. The molecule has 1 N–H and O–H groups in total. The van der Waals surface area contributed by atoms with Gasteiger partial charge in [0, 0.05) is 12.6 Å². The van der Waals surface area contributed by atoms with Gasteiger partial charge in [-0.3, -0.25) is 0 Å². The predicted molar refractivity (Wildman–Crippen MR) is 68.0 cm³/mol. The van der Waals surface area contributed by atoms with Crippen LogP contribution in [0.5, 0.6) is 5.88 Å². The highest BCUT2D eigenvalue weighted by atomic mass is 16.5. The van der Waals surface area contributed by atoms with Gasteiger partial charge in [0.15, 0.2) is 0 Å². The first-order valence-electron chi connectivity index (χ1n) is 5.85. The summed E-state index contributed by atoms with van der Waals surface area (Å²) < 4.78 is 5.34. The molecule has 3 nitrogen and oxygen atoms in total. The smallest absolute Gasteiger partial charge is 0.215 e. The van der Waals surface area contributed by atoms with Crippen molar-refractivity contribution in [1.82, 2.24) is 4.98 Å². The Labute approximate surface area is 98.2 Å². The van der Waals surface area contributed by atoms with Gasteiger partial charge in [-0.1, -0.05) is 26.8 Å². The van der Waals surface area contributed by atoms with Crippen LogP contribution in [0.15, 0.2) is 18.2 Å². The molecule has 0 amide bonds. The number of hydrogen-bond acceptors (Lipinski definition) is 3. The number of pyridine rings is 1. The Morgan fingerprint density at radius 3 is 2.69 bits per heavy atom. The SMILES string of the molecule is CCOc1cccc(NCCC(C)(C)C)n1. The first kappa shape index (κ1) is 12.8. The van der Waals surface area contributed by atoms with Crippen molar-refractivity contribution in [3.8, 4) is 5.88 Å². The van der Waals surface area contributed by atoms with Gasteiger partial charge in [-0.2, -0.15) is 4.98 Å². The molecule has 16 heavy (non-hydrogen) atoms. The average molecular weight is 222 g/mol. The summed E-state index contributed by atoms with van der Waals surface area (Å²) in [5, 5.41) is 3.31. The van der Waals surface area contributed by atoms with Crippen LogP contribution in [-0.2, 0) is 0 Å². The summed E-state index contributed by atoms with van der Waals surface area (Å²) in [5.74, 6) is 1.57. The van der Waals surface area contributed by atoms with Crippen LogP contribution in [0.3, 0.4) is 0 Å². The summed E-state index contributed by atoms with van der Waals surface area (Å²) in [6.45, 7) is 10.3. The van der Waals surface area contributed by atoms with E-state index in [-0.39, 0.29) is 0 Å². The van der Waals surface area contributed by atoms with Gasteiger partial charge in [-0.25, -0.2) is 0 Å². The molecule has 0 aliphatic heterocycles. The molecule has 90 valence electrons. The fraction of sp³-hybridized carbons (Fsp3) is 0.615. The maximum atomic E-state index is 5.34. The molecule has 0 unspecified atom stereocenters. The summed E-state index contributed by atoms with van der Waals surface area (Å²) in [6, 6.07) is 5.79. The minimum Gasteiger partial charge on any atom is -0.478 e. The minimum atomic E-state index is 0.352. The predicted octanol–water partition coefficient (Wildman–Crippen LogP) is 3.33. The van der Waals surface area contributed by atoms with E-state index < -0.39 is 0 Å². The van der Waals surface area contributed by atoms with Crippen molar-refractivity contribution in [1.29, 1.82) is 0 Å². The molecule has 0 aliphatic rings. The van der Waals surface area contributed by atoms with Crippen LogP contribution in [0.4, 0.5) is 5.82 Å². The zero-order valence-electron chi connectivity index (χ0n) is 10.7. The second-order valence-corrected chi connectivity index (χ2v) is 5.03. The van der Waals surface area contributed by atoms with Crippen LogP contribution in [0, 0.1) is 5.41 Å². The van der Waals surface area contributed by atoms with Crippen molar-refractivity contribution in [2.24, 2.45) is 5.41 Å². The molecule has 0 saturated heterocycles. The van der Waals surface area contributed by atoms with E-state index in [9.17, 15) is 0 Å². The fourth-order valence-electron chi connectivity index (χ4n) is 1.31. The first-order valence-corrected chi connectivity index (χ1v) is 5.85. The molecule has 1 heterocycles. The lowest BCUT2D eigenvalue weighted by molar-refractivity contribution is 0.327. The first-order chi connectivity index (χ1) is 7.51. The van der Waals surface area contributed by atoms with E-state index in [0.717, 1.165) is 18.8 Å².